The van der Waals surface area contributed by atoms with Gasteiger partial charge in [-0.1, -0.05) is 23.9 Å². The van der Waals surface area contributed by atoms with E-state index in [-0.39, 0.29) is 18.3 Å². The van der Waals surface area contributed by atoms with Gasteiger partial charge in [0.15, 0.2) is 5.82 Å². The first-order valence-corrected chi connectivity index (χ1v) is 8.80. The normalized spacial score (nSPS) is 22.5. The van der Waals surface area contributed by atoms with Crippen molar-refractivity contribution < 1.29 is 19.0 Å². The molecule has 4 rings (SSSR count). The van der Waals surface area contributed by atoms with E-state index in [9.17, 15) is 14.3 Å². The van der Waals surface area contributed by atoms with Crippen LogP contribution in [-0.4, -0.2) is 43.5 Å². The van der Waals surface area contributed by atoms with Crippen molar-refractivity contribution in [2.45, 2.75) is 35.8 Å². The van der Waals surface area contributed by atoms with E-state index in [1.807, 2.05) is 0 Å². The number of hydrogen-bond acceptors (Lipinski definition) is 6. The van der Waals surface area contributed by atoms with Gasteiger partial charge in [0.05, 0.1) is 17.4 Å². The summed E-state index contributed by atoms with van der Waals surface area (Å²) in [7, 11) is 0. The van der Waals surface area contributed by atoms with Crippen LogP contribution in [0.15, 0.2) is 34.5 Å². The van der Waals surface area contributed by atoms with Gasteiger partial charge in [0.2, 0.25) is 5.16 Å². The molecule has 1 aromatic carbocycles. The molecule has 0 bridgehead atoms. The molecule has 2 aliphatic rings. The molecule has 2 aromatic rings. The summed E-state index contributed by atoms with van der Waals surface area (Å²) in [4.78, 5) is 11.2. The molecule has 7 nitrogen and oxygen atoms in total. The Morgan fingerprint density at radius 1 is 1.36 bits per heavy atom. The molecule has 0 saturated carbocycles. The Hall–Kier alpha value is -2.26. The van der Waals surface area contributed by atoms with Gasteiger partial charge in [0.1, 0.15) is 11.9 Å². The van der Waals surface area contributed by atoms with Crippen LogP contribution in [0.4, 0.5) is 4.39 Å². The van der Waals surface area contributed by atoms with Gasteiger partial charge in [0.25, 0.3) is 0 Å². The largest absolute Gasteiger partial charge is 0.481 e. The van der Waals surface area contributed by atoms with Crippen molar-refractivity contribution in [2.24, 2.45) is 5.10 Å². The van der Waals surface area contributed by atoms with Gasteiger partial charge in [0, 0.05) is 6.61 Å². The molecule has 1 aromatic heterocycles. The minimum absolute atomic E-state index is 0.108. The molecule has 130 valence electrons. The molecule has 0 unspecified atom stereocenters. The van der Waals surface area contributed by atoms with Gasteiger partial charge >= 0.3 is 5.97 Å². The van der Waals surface area contributed by atoms with Crippen molar-refractivity contribution in [2.75, 3.05) is 6.61 Å². The zero-order chi connectivity index (χ0) is 17.4. The van der Waals surface area contributed by atoms with E-state index in [4.69, 9.17) is 4.74 Å². The Labute approximate surface area is 146 Å². The third-order valence-electron chi connectivity index (χ3n) is 4.11. The second-order valence-electron chi connectivity index (χ2n) is 5.85. The molecule has 1 fully saturated rings. The monoisotopic (exact) mass is 362 g/mol. The number of hydrogen-bond donors (Lipinski definition) is 1. The SMILES string of the molecule is O=C(O)C[C@H]1Sc2nnc([C@@H]3CCCO3)n2N=C1c1ccc(F)cc1. The molecule has 0 amide bonds. The second-order valence-corrected chi connectivity index (χ2v) is 7.02. The van der Waals surface area contributed by atoms with Crippen molar-refractivity contribution in [1.82, 2.24) is 14.9 Å². The summed E-state index contributed by atoms with van der Waals surface area (Å²) in [5, 5.41) is 22.3. The van der Waals surface area contributed by atoms with Crippen LogP contribution in [0.25, 0.3) is 0 Å². The van der Waals surface area contributed by atoms with Crippen LogP contribution in [0.3, 0.4) is 0 Å². The lowest BCUT2D eigenvalue weighted by atomic mass is 10.1. The fraction of sp³-hybridized carbons (Fsp3) is 0.375. The summed E-state index contributed by atoms with van der Waals surface area (Å²) in [5.74, 6) is -0.666. The Morgan fingerprint density at radius 3 is 2.84 bits per heavy atom. The summed E-state index contributed by atoms with van der Waals surface area (Å²) < 4.78 is 20.5. The Balaban J connectivity index is 1.76. The molecule has 3 heterocycles. The highest BCUT2D eigenvalue weighted by molar-refractivity contribution is 8.00. The van der Waals surface area contributed by atoms with Gasteiger partial charge < -0.3 is 9.84 Å². The van der Waals surface area contributed by atoms with Crippen molar-refractivity contribution in [1.29, 1.82) is 0 Å². The van der Waals surface area contributed by atoms with Crippen LogP contribution in [0.2, 0.25) is 0 Å². The summed E-state index contributed by atoms with van der Waals surface area (Å²) in [5.41, 5.74) is 1.25. The van der Waals surface area contributed by atoms with E-state index in [1.54, 1.807) is 16.8 Å². The number of carboxylic acids is 1. The Bertz CT molecular complexity index is 830. The number of ether oxygens (including phenoxy) is 1. The third kappa shape index (κ3) is 3.16. The Kier molecular flexibility index (Phi) is 4.26. The van der Waals surface area contributed by atoms with E-state index in [0.717, 1.165) is 12.8 Å². The minimum Gasteiger partial charge on any atom is -0.481 e. The van der Waals surface area contributed by atoms with Gasteiger partial charge in [-0.2, -0.15) is 9.78 Å². The van der Waals surface area contributed by atoms with Crippen LogP contribution < -0.4 is 0 Å². The summed E-state index contributed by atoms with van der Waals surface area (Å²) in [6.45, 7) is 0.677. The molecule has 2 atom stereocenters. The number of nitrogens with zero attached hydrogens (tertiary/aromatic N) is 4. The Morgan fingerprint density at radius 2 is 2.16 bits per heavy atom. The number of fused-ring (bicyclic) bond motifs is 1. The van der Waals surface area contributed by atoms with E-state index < -0.39 is 11.2 Å². The first-order valence-electron chi connectivity index (χ1n) is 7.92. The first-order chi connectivity index (χ1) is 12.1. The number of carboxylic acid groups (broad SMARTS) is 1. The zero-order valence-corrected chi connectivity index (χ0v) is 13.9. The second kappa shape index (κ2) is 6.57. The topological polar surface area (TPSA) is 89.6 Å². The number of carbonyl (C=O) groups is 1. The van der Waals surface area contributed by atoms with Gasteiger partial charge in [-0.25, -0.2) is 4.39 Å². The molecule has 0 aliphatic carbocycles. The van der Waals surface area contributed by atoms with Crippen LogP contribution in [0.1, 0.15) is 36.8 Å². The lowest BCUT2D eigenvalue weighted by Gasteiger charge is -2.22. The lowest BCUT2D eigenvalue weighted by molar-refractivity contribution is -0.136. The third-order valence-corrected chi connectivity index (χ3v) is 5.25. The highest BCUT2D eigenvalue weighted by Gasteiger charge is 2.33. The van der Waals surface area contributed by atoms with Crippen molar-refractivity contribution in [3.05, 3.63) is 41.5 Å². The van der Waals surface area contributed by atoms with Crippen LogP contribution >= 0.6 is 11.8 Å². The lowest BCUT2D eigenvalue weighted by Crippen LogP contribution is -2.27. The zero-order valence-electron chi connectivity index (χ0n) is 13.1. The number of aliphatic carboxylic acids is 1. The summed E-state index contributed by atoms with van der Waals surface area (Å²) in [6, 6.07) is 5.88. The predicted octanol–water partition coefficient (Wildman–Crippen LogP) is 2.47. The van der Waals surface area contributed by atoms with Crippen molar-refractivity contribution in [3.63, 3.8) is 0 Å². The van der Waals surface area contributed by atoms with Crippen molar-refractivity contribution in [3.8, 4) is 0 Å². The number of rotatable bonds is 4. The standard InChI is InChI=1S/C16H15FN4O3S/c17-10-5-3-9(4-6-10)14-12(8-13(22)23)25-16-19-18-15(21(16)20-14)11-2-1-7-24-11/h3-6,11-12H,1-2,7-8H2,(H,22,23)/t11-,12+/m0/s1. The van der Waals surface area contributed by atoms with Crippen LogP contribution in [0.5, 0.6) is 0 Å². The van der Waals surface area contributed by atoms with E-state index >= 15 is 0 Å². The molecular formula is C16H15FN4O3S. The molecular weight excluding hydrogens is 347 g/mol. The fourth-order valence-electron chi connectivity index (χ4n) is 2.94. The quantitative estimate of drug-likeness (QED) is 0.899. The van der Waals surface area contributed by atoms with E-state index in [1.165, 1.54) is 23.9 Å². The number of benzene rings is 1. The average Bonchev–Trinajstić information content (AvgIpc) is 3.23. The highest BCUT2D eigenvalue weighted by atomic mass is 32.2. The maximum atomic E-state index is 13.2. The fourth-order valence-corrected chi connectivity index (χ4v) is 4.04. The van der Waals surface area contributed by atoms with E-state index in [2.05, 4.69) is 15.3 Å². The van der Waals surface area contributed by atoms with Gasteiger partial charge in [-0.05, 0) is 30.5 Å². The van der Waals surface area contributed by atoms with Crippen LogP contribution in [-0.2, 0) is 9.53 Å². The molecule has 1 N–H and O–H groups in total. The van der Waals surface area contributed by atoms with Gasteiger partial charge in [-0.15, -0.1) is 10.2 Å². The van der Waals surface area contributed by atoms with Crippen LogP contribution in [0, 0.1) is 5.82 Å². The first kappa shape index (κ1) is 16.2. The van der Waals surface area contributed by atoms with E-state index in [0.29, 0.717) is 28.9 Å². The molecule has 1 saturated heterocycles. The smallest absolute Gasteiger partial charge is 0.304 e. The molecule has 0 spiro atoms. The number of thioether (sulfide) groups is 1. The predicted molar refractivity (Wildman–Crippen MR) is 88.2 cm³/mol. The molecule has 9 heteroatoms. The molecule has 2 aliphatic heterocycles. The van der Waals surface area contributed by atoms with Crippen molar-refractivity contribution >= 4 is 23.4 Å². The van der Waals surface area contributed by atoms with Gasteiger partial charge in [-0.3, -0.25) is 4.79 Å². The highest BCUT2D eigenvalue weighted by Crippen LogP contribution is 2.36. The summed E-state index contributed by atoms with van der Waals surface area (Å²) >= 11 is 1.30. The average molecular weight is 362 g/mol. The summed E-state index contributed by atoms with van der Waals surface area (Å²) in [6.07, 6.45) is 1.54. The maximum Gasteiger partial charge on any atom is 0.304 e. The number of halogens is 1. The molecule has 0 radical (unpaired) electrons. The minimum atomic E-state index is -0.931. The molecule has 25 heavy (non-hydrogen) atoms. The maximum absolute atomic E-state index is 13.2. The number of aromatic nitrogens is 3.